The number of para-hydroxylation sites is 3. The Morgan fingerprint density at radius 3 is 2.19 bits per heavy atom. The molecular weight excluding hydrogens is 544 g/mol. The molecular formula is C35H36N2O6. The molecule has 0 aliphatic rings. The molecule has 1 N–H and O–H groups in total. The molecule has 0 aliphatic heterocycles. The van der Waals surface area contributed by atoms with Gasteiger partial charge in [0.2, 0.25) is 5.91 Å². The molecule has 43 heavy (non-hydrogen) atoms. The molecule has 8 heteroatoms. The van der Waals surface area contributed by atoms with Crippen molar-refractivity contribution in [2.45, 2.75) is 25.8 Å². The number of benzene rings is 4. The standard InChI is InChI=1S/C35H36N2O6/c1-4-33(38)37(31-16-10-11-17-32(31)41-2)22-23-43-27-20-18-25(19-21-27)24-30(35(40)42-3)36-29-15-9-8-14-28(29)34(39)26-12-6-5-7-13-26/h5-21,30,36H,4,22-24H2,1-3H3/t30-/m0/s1. The van der Waals surface area contributed by atoms with Gasteiger partial charge in [0.15, 0.2) is 5.78 Å². The van der Waals surface area contributed by atoms with Crippen molar-refractivity contribution in [1.29, 1.82) is 0 Å². The first kappa shape index (κ1) is 30.8. The smallest absolute Gasteiger partial charge is 0.328 e. The zero-order valence-corrected chi connectivity index (χ0v) is 24.6. The summed E-state index contributed by atoms with van der Waals surface area (Å²) in [7, 11) is 2.92. The van der Waals surface area contributed by atoms with Crippen molar-refractivity contribution in [3.63, 3.8) is 0 Å². The fraction of sp³-hybridized carbons (Fsp3) is 0.229. The van der Waals surface area contributed by atoms with Crippen molar-refractivity contribution in [2.24, 2.45) is 0 Å². The van der Waals surface area contributed by atoms with Crippen LogP contribution in [0, 0.1) is 0 Å². The Morgan fingerprint density at radius 2 is 1.49 bits per heavy atom. The van der Waals surface area contributed by atoms with Crippen LogP contribution in [0.3, 0.4) is 0 Å². The molecule has 0 saturated carbocycles. The van der Waals surface area contributed by atoms with E-state index in [9.17, 15) is 14.4 Å². The second-order valence-corrected chi connectivity index (χ2v) is 9.73. The van der Waals surface area contributed by atoms with Crippen LogP contribution in [0.1, 0.15) is 34.8 Å². The van der Waals surface area contributed by atoms with E-state index in [4.69, 9.17) is 14.2 Å². The number of ketones is 1. The number of rotatable bonds is 14. The summed E-state index contributed by atoms with van der Waals surface area (Å²) in [6.07, 6.45) is 0.681. The molecule has 0 heterocycles. The lowest BCUT2D eigenvalue weighted by Gasteiger charge is -2.24. The monoisotopic (exact) mass is 580 g/mol. The lowest BCUT2D eigenvalue weighted by molar-refractivity contribution is -0.141. The molecule has 0 radical (unpaired) electrons. The highest BCUT2D eigenvalue weighted by Crippen LogP contribution is 2.28. The first-order valence-electron chi connectivity index (χ1n) is 14.1. The maximum Gasteiger partial charge on any atom is 0.328 e. The largest absolute Gasteiger partial charge is 0.495 e. The van der Waals surface area contributed by atoms with Gasteiger partial charge in [0.1, 0.15) is 24.1 Å². The average Bonchev–Trinajstić information content (AvgIpc) is 3.06. The number of amides is 1. The lowest BCUT2D eigenvalue weighted by atomic mass is 10.00. The van der Waals surface area contributed by atoms with Gasteiger partial charge >= 0.3 is 5.97 Å². The van der Waals surface area contributed by atoms with E-state index in [1.54, 1.807) is 42.3 Å². The van der Waals surface area contributed by atoms with Crippen molar-refractivity contribution in [3.8, 4) is 11.5 Å². The Bertz CT molecular complexity index is 1520. The summed E-state index contributed by atoms with van der Waals surface area (Å²) in [6.45, 7) is 2.45. The van der Waals surface area contributed by atoms with Crippen LogP contribution in [-0.4, -0.2) is 51.1 Å². The summed E-state index contributed by atoms with van der Waals surface area (Å²) in [5, 5.41) is 3.23. The predicted octanol–water partition coefficient (Wildman–Crippen LogP) is 5.94. The number of carbonyl (C=O) groups excluding carboxylic acids is 3. The summed E-state index contributed by atoms with van der Waals surface area (Å²) < 4.78 is 16.5. The van der Waals surface area contributed by atoms with Gasteiger partial charge in [-0.15, -0.1) is 0 Å². The van der Waals surface area contributed by atoms with Gasteiger partial charge < -0.3 is 24.4 Å². The van der Waals surface area contributed by atoms with Crippen LogP contribution in [-0.2, 0) is 20.7 Å². The highest BCUT2D eigenvalue weighted by molar-refractivity contribution is 6.12. The fourth-order valence-corrected chi connectivity index (χ4v) is 4.71. The number of methoxy groups -OCH3 is 2. The maximum atomic E-state index is 13.2. The third kappa shape index (κ3) is 8.01. The van der Waals surface area contributed by atoms with E-state index >= 15 is 0 Å². The maximum absolute atomic E-state index is 13.2. The molecule has 1 atom stereocenters. The Hall–Kier alpha value is -5.11. The number of nitrogens with one attached hydrogen (secondary N) is 1. The minimum absolute atomic E-state index is 0.0307. The van der Waals surface area contributed by atoms with Gasteiger partial charge in [-0.05, 0) is 42.0 Å². The highest BCUT2D eigenvalue weighted by Gasteiger charge is 2.23. The normalized spacial score (nSPS) is 11.2. The van der Waals surface area contributed by atoms with Crippen LogP contribution in [0.15, 0.2) is 103 Å². The van der Waals surface area contributed by atoms with Crippen molar-refractivity contribution in [3.05, 3.63) is 120 Å². The molecule has 1 amide bonds. The summed E-state index contributed by atoms with van der Waals surface area (Å²) >= 11 is 0. The molecule has 0 unspecified atom stereocenters. The number of anilines is 2. The quantitative estimate of drug-likeness (QED) is 0.146. The van der Waals surface area contributed by atoms with Gasteiger partial charge in [-0.25, -0.2) is 4.79 Å². The van der Waals surface area contributed by atoms with E-state index in [-0.39, 0.29) is 18.3 Å². The number of nitrogens with zero attached hydrogens (tertiary/aromatic N) is 1. The number of hydrogen-bond donors (Lipinski definition) is 1. The highest BCUT2D eigenvalue weighted by atomic mass is 16.5. The molecule has 0 bridgehead atoms. The van der Waals surface area contributed by atoms with Crippen LogP contribution in [0.5, 0.6) is 11.5 Å². The molecule has 0 aliphatic carbocycles. The van der Waals surface area contributed by atoms with Crippen LogP contribution >= 0.6 is 0 Å². The molecule has 0 spiro atoms. The predicted molar refractivity (Wildman–Crippen MR) is 167 cm³/mol. The van der Waals surface area contributed by atoms with Gasteiger partial charge in [0.05, 0.1) is 26.5 Å². The second kappa shape index (κ2) is 15.2. The first-order valence-corrected chi connectivity index (χ1v) is 14.1. The van der Waals surface area contributed by atoms with Gasteiger partial charge in [-0.2, -0.15) is 0 Å². The number of esters is 1. The Balaban J connectivity index is 1.42. The number of carbonyl (C=O) groups is 3. The molecule has 4 rings (SSSR count). The van der Waals surface area contributed by atoms with Crippen LogP contribution in [0.2, 0.25) is 0 Å². The minimum Gasteiger partial charge on any atom is -0.495 e. The molecule has 222 valence electrons. The van der Waals surface area contributed by atoms with E-state index in [0.717, 1.165) is 5.56 Å². The minimum atomic E-state index is -0.726. The van der Waals surface area contributed by atoms with Gasteiger partial charge in [-0.1, -0.05) is 73.7 Å². The van der Waals surface area contributed by atoms with E-state index in [1.807, 2.05) is 79.7 Å². The SMILES string of the molecule is CCC(=O)N(CCOc1ccc(C[C@H](Nc2ccccc2C(=O)c2ccccc2)C(=O)OC)cc1)c1ccccc1OC. The van der Waals surface area contributed by atoms with Gasteiger partial charge in [0.25, 0.3) is 0 Å². The Kier molecular flexibility index (Phi) is 10.9. The van der Waals surface area contributed by atoms with Crippen molar-refractivity contribution in [1.82, 2.24) is 0 Å². The van der Waals surface area contributed by atoms with E-state index in [0.29, 0.717) is 53.4 Å². The number of hydrogen-bond acceptors (Lipinski definition) is 7. The topological polar surface area (TPSA) is 94.2 Å². The summed E-state index contributed by atoms with van der Waals surface area (Å²) in [5.74, 6) is 0.637. The van der Waals surface area contributed by atoms with Crippen molar-refractivity contribution < 1.29 is 28.6 Å². The number of ether oxygens (including phenoxy) is 3. The van der Waals surface area contributed by atoms with E-state index in [1.165, 1.54) is 7.11 Å². The molecule has 4 aromatic rings. The third-order valence-electron chi connectivity index (χ3n) is 6.95. The summed E-state index contributed by atoms with van der Waals surface area (Å²) in [5.41, 5.74) is 3.15. The summed E-state index contributed by atoms with van der Waals surface area (Å²) in [4.78, 5) is 40.3. The van der Waals surface area contributed by atoms with Crippen molar-refractivity contribution >= 4 is 29.0 Å². The Labute approximate surface area is 252 Å². The lowest BCUT2D eigenvalue weighted by Crippen LogP contribution is -2.34. The van der Waals surface area contributed by atoms with E-state index < -0.39 is 12.0 Å². The Morgan fingerprint density at radius 1 is 0.814 bits per heavy atom. The average molecular weight is 581 g/mol. The molecule has 0 aromatic heterocycles. The molecule has 8 nitrogen and oxygen atoms in total. The second-order valence-electron chi connectivity index (χ2n) is 9.73. The molecule has 4 aromatic carbocycles. The molecule has 0 fully saturated rings. The first-order chi connectivity index (χ1) is 20.9. The summed E-state index contributed by atoms with van der Waals surface area (Å²) in [6, 6.07) is 30.2. The van der Waals surface area contributed by atoms with E-state index in [2.05, 4.69) is 5.32 Å². The van der Waals surface area contributed by atoms with Crippen LogP contribution in [0.4, 0.5) is 11.4 Å². The van der Waals surface area contributed by atoms with Crippen molar-refractivity contribution in [2.75, 3.05) is 37.6 Å². The fourth-order valence-electron chi connectivity index (χ4n) is 4.71. The molecule has 0 saturated heterocycles. The zero-order valence-electron chi connectivity index (χ0n) is 24.6. The zero-order chi connectivity index (χ0) is 30.6. The van der Waals surface area contributed by atoms with Crippen LogP contribution in [0.25, 0.3) is 0 Å². The third-order valence-corrected chi connectivity index (χ3v) is 6.95. The van der Waals surface area contributed by atoms with Crippen LogP contribution < -0.4 is 19.7 Å². The van der Waals surface area contributed by atoms with Gasteiger partial charge in [0, 0.05) is 29.7 Å². The van der Waals surface area contributed by atoms with Gasteiger partial charge in [-0.3, -0.25) is 9.59 Å².